The van der Waals surface area contributed by atoms with Crippen molar-refractivity contribution in [3.05, 3.63) is 41.1 Å². The fourth-order valence-corrected chi connectivity index (χ4v) is 2.31. The van der Waals surface area contributed by atoms with E-state index in [0.29, 0.717) is 11.3 Å². The predicted octanol–water partition coefficient (Wildman–Crippen LogP) is 3.16. The summed E-state index contributed by atoms with van der Waals surface area (Å²) in [6.07, 6.45) is 2.92. The summed E-state index contributed by atoms with van der Waals surface area (Å²) in [5, 5.41) is 0. The fourth-order valence-electron chi connectivity index (χ4n) is 1.32. The number of thioether (sulfide) groups is 1. The van der Waals surface area contributed by atoms with Crippen LogP contribution in [0.1, 0.15) is 12.8 Å². The maximum Gasteiger partial charge on any atom is 0.156 e. The van der Waals surface area contributed by atoms with Gasteiger partial charge in [0, 0.05) is 11.3 Å². The Labute approximate surface area is 86.0 Å². The van der Waals surface area contributed by atoms with E-state index in [4.69, 9.17) is 0 Å². The molecule has 0 fully saturated rings. The van der Waals surface area contributed by atoms with Crippen LogP contribution in [0.5, 0.6) is 0 Å². The van der Waals surface area contributed by atoms with Gasteiger partial charge in [-0.2, -0.15) is 0 Å². The minimum atomic E-state index is -0.224. The van der Waals surface area contributed by atoms with E-state index in [-0.39, 0.29) is 11.6 Å². The zero-order chi connectivity index (χ0) is 9.97. The summed E-state index contributed by atoms with van der Waals surface area (Å²) in [7, 11) is 0. The predicted molar refractivity (Wildman–Crippen MR) is 54.6 cm³/mol. The molecule has 0 bridgehead atoms. The van der Waals surface area contributed by atoms with Crippen LogP contribution in [0.4, 0.5) is 4.39 Å². The second-order valence-electron chi connectivity index (χ2n) is 3.11. The van der Waals surface area contributed by atoms with Crippen molar-refractivity contribution in [3.63, 3.8) is 0 Å². The van der Waals surface area contributed by atoms with Gasteiger partial charge in [0.15, 0.2) is 5.78 Å². The van der Waals surface area contributed by atoms with E-state index in [1.807, 2.05) is 0 Å². The highest BCUT2D eigenvalue weighted by Gasteiger charge is 2.14. The van der Waals surface area contributed by atoms with E-state index in [0.717, 1.165) is 11.3 Å². The highest BCUT2D eigenvalue weighted by atomic mass is 32.2. The van der Waals surface area contributed by atoms with Gasteiger partial charge in [-0.15, -0.1) is 0 Å². The molecule has 0 atom stereocenters. The van der Waals surface area contributed by atoms with Crippen LogP contribution >= 0.6 is 11.8 Å². The van der Waals surface area contributed by atoms with E-state index >= 15 is 0 Å². The van der Waals surface area contributed by atoms with Crippen molar-refractivity contribution in [2.75, 3.05) is 0 Å². The van der Waals surface area contributed by atoms with Gasteiger partial charge in [0.1, 0.15) is 5.82 Å². The zero-order valence-electron chi connectivity index (χ0n) is 7.50. The van der Waals surface area contributed by atoms with Crippen LogP contribution in [-0.2, 0) is 4.79 Å². The molecular weight excluding hydrogens is 199 g/mol. The number of ketones is 1. The van der Waals surface area contributed by atoms with Crippen molar-refractivity contribution in [2.24, 2.45) is 0 Å². The molecule has 1 aromatic rings. The van der Waals surface area contributed by atoms with Crippen LogP contribution in [0, 0.1) is 5.82 Å². The van der Waals surface area contributed by atoms with Gasteiger partial charge in [-0.1, -0.05) is 23.9 Å². The van der Waals surface area contributed by atoms with E-state index in [1.165, 1.54) is 17.8 Å². The van der Waals surface area contributed by atoms with E-state index < -0.39 is 0 Å². The fraction of sp³-hybridized carbons (Fsp3) is 0.182. The summed E-state index contributed by atoms with van der Waals surface area (Å²) < 4.78 is 13.2. The normalized spacial score (nSPS) is 15.8. The largest absolute Gasteiger partial charge is 0.295 e. The van der Waals surface area contributed by atoms with Crippen LogP contribution in [0.3, 0.4) is 0 Å². The molecule has 14 heavy (non-hydrogen) atoms. The van der Waals surface area contributed by atoms with Crippen molar-refractivity contribution in [1.29, 1.82) is 0 Å². The standard InChI is InChI=1S/C11H9FOS/c12-10-3-1-2-4-11(10)14-9-6-5-8(13)7-9/h1-4,7H,5-6H2. The minimum absolute atomic E-state index is 0.142. The molecule has 0 unspecified atom stereocenters. The first-order chi connectivity index (χ1) is 6.75. The van der Waals surface area contributed by atoms with Crippen molar-refractivity contribution >= 4 is 17.5 Å². The quantitative estimate of drug-likeness (QED) is 0.742. The van der Waals surface area contributed by atoms with E-state index in [1.54, 1.807) is 24.3 Å². The van der Waals surface area contributed by atoms with Crippen molar-refractivity contribution in [2.45, 2.75) is 17.7 Å². The molecule has 1 aliphatic rings. The highest BCUT2D eigenvalue weighted by molar-refractivity contribution is 8.03. The lowest BCUT2D eigenvalue weighted by molar-refractivity contribution is -0.114. The summed E-state index contributed by atoms with van der Waals surface area (Å²) in [5.41, 5.74) is 0. The van der Waals surface area contributed by atoms with Gasteiger partial charge in [-0.25, -0.2) is 4.39 Å². The Hall–Kier alpha value is -1.09. The summed E-state index contributed by atoms with van der Waals surface area (Å²) in [6, 6.07) is 6.61. The van der Waals surface area contributed by atoms with Crippen LogP contribution in [0.2, 0.25) is 0 Å². The van der Waals surface area contributed by atoms with Crippen molar-refractivity contribution in [3.8, 4) is 0 Å². The molecule has 0 heterocycles. The highest BCUT2D eigenvalue weighted by Crippen LogP contribution is 2.34. The Morgan fingerprint density at radius 2 is 2.00 bits per heavy atom. The molecule has 0 N–H and O–H groups in total. The molecule has 2 rings (SSSR count). The molecular formula is C11H9FOS. The number of carbonyl (C=O) groups excluding carboxylic acids is 1. The van der Waals surface area contributed by atoms with Gasteiger partial charge >= 0.3 is 0 Å². The second-order valence-corrected chi connectivity index (χ2v) is 4.28. The van der Waals surface area contributed by atoms with E-state index in [2.05, 4.69) is 0 Å². The number of hydrogen-bond acceptors (Lipinski definition) is 2. The molecule has 1 aromatic carbocycles. The molecule has 3 heteroatoms. The molecule has 0 saturated carbocycles. The number of halogens is 1. The maximum atomic E-state index is 13.2. The van der Waals surface area contributed by atoms with Gasteiger partial charge < -0.3 is 0 Å². The molecule has 0 aliphatic heterocycles. The van der Waals surface area contributed by atoms with Gasteiger partial charge in [-0.05, 0) is 29.5 Å². The first kappa shape index (κ1) is 9.46. The summed E-state index contributed by atoms with van der Waals surface area (Å²) in [4.78, 5) is 12.5. The monoisotopic (exact) mass is 208 g/mol. The lowest BCUT2D eigenvalue weighted by atomic mass is 10.3. The maximum absolute atomic E-state index is 13.2. The first-order valence-electron chi connectivity index (χ1n) is 4.41. The minimum Gasteiger partial charge on any atom is -0.295 e. The summed E-state index contributed by atoms with van der Waals surface area (Å²) in [5.74, 6) is -0.0819. The lowest BCUT2D eigenvalue weighted by Crippen LogP contribution is -1.80. The van der Waals surface area contributed by atoms with Crippen LogP contribution in [0.15, 0.2) is 40.1 Å². The number of carbonyl (C=O) groups is 1. The second kappa shape index (κ2) is 3.96. The molecule has 0 aromatic heterocycles. The topological polar surface area (TPSA) is 17.1 Å². The smallest absolute Gasteiger partial charge is 0.156 e. The number of rotatable bonds is 2. The van der Waals surface area contributed by atoms with Gasteiger partial charge in [0.05, 0.1) is 0 Å². The molecule has 0 radical (unpaired) electrons. The molecule has 72 valence electrons. The van der Waals surface area contributed by atoms with Crippen LogP contribution < -0.4 is 0 Å². The SMILES string of the molecule is O=C1C=C(Sc2ccccc2F)CC1. The number of benzene rings is 1. The summed E-state index contributed by atoms with van der Waals surface area (Å²) in [6.45, 7) is 0. The van der Waals surface area contributed by atoms with Gasteiger partial charge in [0.25, 0.3) is 0 Å². The molecule has 0 saturated heterocycles. The third-order valence-electron chi connectivity index (χ3n) is 2.02. The van der Waals surface area contributed by atoms with E-state index in [9.17, 15) is 9.18 Å². The first-order valence-corrected chi connectivity index (χ1v) is 5.23. The molecule has 1 nitrogen and oxygen atoms in total. The van der Waals surface area contributed by atoms with Gasteiger partial charge in [-0.3, -0.25) is 4.79 Å². The average Bonchev–Trinajstić information content (AvgIpc) is 2.56. The lowest BCUT2D eigenvalue weighted by Gasteiger charge is -2.01. The Morgan fingerprint density at radius 3 is 2.64 bits per heavy atom. The Balaban J connectivity index is 2.15. The third kappa shape index (κ3) is 2.04. The number of hydrogen-bond donors (Lipinski definition) is 0. The molecule has 1 aliphatic carbocycles. The number of allylic oxidation sites excluding steroid dienone is 2. The molecule has 0 spiro atoms. The van der Waals surface area contributed by atoms with Crippen LogP contribution in [-0.4, -0.2) is 5.78 Å². The average molecular weight is 208 g/mol. The summed E-state index contributed by atoms with van der Waals surface area (Å²) >= 11 is 1.35. The van der Waals surface area contributed by atoms with Gasteiger partial charge in [0.2, 0.25) is 0 Å². The Kier molecular flexibility index (Phi) is 2.68. The molecule has 0 amide bonds. The Bertz CT molecular complexity index is 398. The van der Waals surface area contributed by atoms with Crippen molar-refractivity contribution in [1.82, 2.24) is 0 Å². The zero-order valence-corrected chi connectivity index (χ0v) is 8.31. The Morgan fingerprint density at radius 1 is 1.21 bits per heavy atom. The van der Waals surface area contributed by atoms with Crippen molar-refractivity contribution < 1.29 is 9.18 Å². The third-order valence-corrected chi connectivity index (χ3v) is 3.15. The van der Waals surface area contributed by atoms with Crippen LogP contribution in [0.25, 0.3) is 0 Å².